The van der Waals surface area contributed by atoms with E-state index in [1.807, 2.05) is 42.5 Å². The second-order valence-corrected chi connectivity index (χ2v) is 13.7. The number of carbonyl (C=O) groups excluding carboxylic acids is 4. The molecule has 48 heavy (non-hydrogen) atoms. The third-order valence-electron chi connectivity index (χ3n) is 8.88. The normalized spacial score (nSPS) is 27.0. The second kappa shape index (κ2) is 14.2. The minimum atomic E-state index is -1.47. The van der Waals surface area contributed by atoms with Gasteiger partial charge in [0.2, 0.25) is 11.8 Å². The first kappa shape index (κ1) is 34.6. The molecule has 14 nitrogen and oxygen atoms in total. The molecule has 4 N–H and O–H groups in total. The number of carboxylic acids is 1. The summed E-state index contributed by atoms with van der Waals surface area (Å²) in [5, 5.41) is 27.6. The van der Waals surface area contributed by atoms with Crippen LogP contribution in [0.2, 0.25) is 0 Å². The number of alkyl carbamates (subject to hydrolysis) is 1. The monoisotopic (exact) mass is 663 g/mol. The van der Waals surface area contributed by atoms with E-state index in [2.05, 4.69) is 26.1 Å². The number of rotatable bonds is 6. The topological polar surface area (TPSA) is 185 Å². The minimum absolute atomic E-state index is 0.00936. The highest BCUT2D eigenvalue weighted by Gasteiger charge is 2.61. The zero-order valence-electron chi connectivity index (χ0n) is 27.9. The molecule has 1 aromatic heterocycles. The van der Waals surface area contributed by atoms with Crippen LogP contribution in [0.5, 0.6) is 0 Å². The van der Waals surface area contributed by atoms with Crippen LogP contribution in [0, 0.1) is 5.92 Å². The van der Waals surface area contributed by atoms with E-state index in [1.54, 1.807) is 27.7 Å². The van der Waals surface area contributed by atoms with Crippen molar-refractivity contribution in [1.29, 1.82) is 0 Å². The van der Waals surface area contributed by atoms with Gasteiger partial charge in [0.05, 0.1) is 6.04 Å². The Morgan fingerprint density at radius 2 is 1.85 bits per heavy atom. The Kier molecular flexibility index (Phi) is 10.2. The molecule has 2 fully saturated rings. The van der Waals surface area contributed by atoms with Crippen LogP contribution in [0.25, 0.3) is 11.3 Å². The van der Waals surface area contributed by atoms with E-state index in [0.717, 1.165) is 19.3 Å². The number of hydrogen-bond acceptors (Lipinski definition) is 8. The van der Waals surface area contributed by atoms with Crippen molar-refractivity contribution in [3.05, 3.63) is 48.2 Å². The maximum absolute atomic E-state index is 14.3. The van der Waals surface area contributed by atoms with E-state index in [1.165, 1.54) is 9.70 Å². The summed E-state index contributed by atoms with van der Waals surface area (Å²) in [5.41, 5.74) is -1.14. The lowest BCUT2D eigenvalue weighted by Crippen LogP contribution is -2.56. The fourth-order valence-corrected chi connectivity index (χ4v) is 6.37. The molecule has 5 atom stereocenters. The van der Waals surface area contributed by atoms with Crippen molar-refractivity contribution >= 4 is 29.8 Å². The SMILES string of the molecule is CCNC(=O)c1nn([C@H]2C[C@H]3C(=O)N[C@@]4(C(=O)O)C[C@@H]4/C=C\CCCCC[C@@H](NC(=O)OC(C)(C)C)C(=O)N3C2)nc1-c1ccccc1. The summed E-state index contributed by atoms with van der Waals surface area (Å²) in [6.07, 6.45) is 6.63. The number of hydrogen-bond donors (Lipinski definition) is 4. The predicted octanol–water partition coefficient (Wildman–Crippen LogP) is 3.21. The average molecular weight is 664 g/mol. The largest absolute Gasteiger partial charge is 0.479 e. The molecule has 2 aliphatic heterocycles. The zero-order valence-corrected chi connectivity index (χ0v) is 27.9. The number of ether oxygens (including phenoxy) is 1. The van der Waals surface area contributed by atoms with Crippen LogP contribution in [0.1, 0.15) is 89.2 Å². The van der Waals surface area contributed by atoms with Crippen molar-refractivity contribution in [3.8, 4) is 11.3 Å². The molecule has 5 rings (SSSR count). The predicted molar refractivity (Wildman–Crippen MR) is 175 cm³/mol. The molecule has 1 aliphatic carbocycles. The van der Waals surface area contributed by atoms with Crippen LogP contribution >= 0.6 is 0 Å². The summed E-state index contributed by atoms with van der Waals surface area (Å²) in [4.78, 5) is 69.4. The van der Waals surface area contributed by atoms with Crippen LogP contribution in [0.3, 0.4) is 0 Å². The molecule has 3 aliphatic rings. The van der Waals surface area contributed by atoms with Gasteiger partial charge in [-0.1, -0.05) is 55.3 Å². The third kappa shape index (κ3) is 7.69. The highest BCUT2D eigenvalue weighted by Crippen LogP contribution is 2.45. The molecular weight excluding hydrogens is 618 g/mol. The summed E-state index contributed by atoms with van der Waals surface area (Å²) in [6, 6.07) is 6.40. The van der Waals surface area contributed by atoms with Gasteiger partial charge in [-0.15, -0.1) is 5.10 Å². The van der Waals surface area contributed by atoms with Gasteiger partial charge in [-0.2, -0.15) is 9.90 Å². The van der Waals surface area contributed by atoms with Crippen LogP contribution in [0.4, 0.5) is 4.79 Å². The van der Waals surface area contributed by atoms with Crippen molar-refractivity contribution in [3.63, 3.8) is 0 Å². The number of aromatic nitrogens is 3. The van der Waals surface area contributed by atoms with Gasteiger partial charge in [0, 0.05) is 31.0 Å². The first-order valence-electron chi connectivity index (χ1n) is 16.7. The minimum Gasteiger partial charge on any atom is -0.479 e. The molecule has 0 spiro atoms. The van der Waals surface area contributed by atoms with E-state index in [4.69, 9.17) is 4.74 Å². The number of amides is 4. The van der Waals surface area contributed by atoms with Gasteiger partial charge in [0.25, 0.3) is 5.91 Å². The van der Waals surface area contributed by atoms with Crippen LogP contribution in [-0.2, 0) is 19.1 Å². The summed E-state index contributed by atoms with van der Waals surface area (Å²) in [6.45, 7) is 7.34. The summed E-state index contributed by atoms with van der Waals surface area (Å²) >= 11 is 0. The molecule has 0 unspecified atom stereocenters. The number of aliphatic carboxylic acids is 1. The van der Waals surface area contributed by atoms with Crippen molar-refractivity contribution in [1.82, 2.24) is 35.8 Å². The molecule has 4 amide bonds. The van der Waals surface area contributed by atoms with Gasteiger partial charge in [-0.25, -0.2) is 9.59 Å². The fourth-order valence-electron chi connectivity index (χ4n) is 6.37. The molecule has 258 valence electrons. The second-order valence-electron chi connectivity index (χ2n) is 13.7. The Hall–Kier alpha value is -4.75. The number of allylic oxidation sites excluding steroid dienone is 1. The van der Waals surface area contributed by atoms with E-state index in [9.17, 15) is 29.1 Å². The molecule has 3 heterocycles. The van der Waals surface area contributed by atoms with Gasteiger partial charge in [0.1, 0.15) is 28.9 Å². The quantitative estimate of drug-likeness (QED) is 0.337. The maximum Gasteiger partial charge on any atom is 0.408 e. The summed E-state index contributed by atoms with van der Waals surface area (Å²) < 4.78 is 5.46. The summed E-state index contributed by atoms with van der Waals surface area (Å²) in [7, 11) is 0. The van der Waals surface area contributed by atoms with Gasteiger partial charge in [-0.3, -0.25) is 14.4 Å². The molecule has 1 saturated carbocycles. The number of nitrogens with one attached hydrogen (secondary N) is 3. The standard InChI is InChI=1S/C34H45N7O7/c1-5-35-29(43)27-26(21-14-10-9-11-15-21)38-41(39-27)23-18-25-28(42)37-34(31(45)46)19-22(34)16-12-7-6-8-13-17-24(30(44)40(25)20-23)36-32(47)48-33(2,3)4/h9-12,14-16,22-25H,5-8,13,17-20H2,1-4H3,(H,35,43)(H,36,47)(H,37,42)(H,45,46)/b16-12-/t22-,23-,24+,25-,34-/m0/s1. The van der Waals surface area contributed by atoms with Crippen molar-refractivity contribution in [2.45, 2.75) is 102 Å². The Morgan fingerprint density at radius 3 is 2.54 bits per heavy atom. The van der Waals surface area contributed by atoms with E-state index < -0.39 is 59.0 Å². The van der Waals surface area contributed by atoms with Crippen LogP contribution in [-0.4, -0.2) is 91.1 Å². The molecule has 0 radical (unpaired) electrons. The van der Waals surface area contributed by atoms with Crippen LogP contribution < -0.4 is 16.0 Å². The van der Waals surface area contributed by atoms with Crippen molar-refractivity contribution in [2.24, 2.45) is 5.92 Å². The smallest absolute Gasteiger partial charge is 0.408 e. The Balaban J connectivity index is 1.50. The van der Waals surface area contributed by atoms with Gasteiger partial charge >= 0.3 is 12.1 Å². The maximum atomic E-state index is 14.3. The lowest BCUT2D eigenvalue weighted by atomic mass is 10.0. The molecule has 2 aromatic rings. The zero-order chi connectivity index (χ0) is 34.6. The lowest BCUT2D eigenvalue weighted by Gasteiger charge is -2.30. The van der Waals surface area contributed by atoms with Crippen molar-refractivity contribution < 1.29 is 33.8 Å². The number of fused-ring (bicyclic) bond motifs is 2. The van der Waals surface area contributed by atoms with Gasteiger partial charge in [-0.05, 0) is 53.4 Å². The Morgan fingerprint density at radius 1 is 1.10 bits per heavy atom. The first-order valence-corrected chi connectivity index (χ1v) is 16.7. The van der Waals surface area contributed by atoms with E-state index >= 15 is 0 Å². The molecule has 1 saturated heterocycles. The van der Waals surface area contributed by atoms with Gasteiger partial charge < -0.3 is 30.7 Å². The molecule has 0 bridgehead atoms. The van der Waals surface area contributed by atoms with Crippen molar-refractivity contribution in [2.75, 3.05) is 13.1 Å². The third-order valence-corrected chi connectivity index (χ3v) is 8.88. The molecule has 1 aromatic carbocycles. The number of benzene rings is 1. The number of nitrogens with zero attached hydrogens (tertiary/aromatic N) is 4. The fraction of sp³-hybridized carbons (Fsp3) is 0.559. The van der Waals surface area contributed by atoms with E-state index in [-0.39, 0.29) is 31.0 Å². The molecular formula is C34H45N7O7. The van der Waals surface area contributed by atoms with E-state index in [0.29, 0.717) is 30.6 Å². The average Bonchev–Trinajstić information content (AvgIpc) is 3.35. The summed E-state index contributed by atoms with van der Waals surface area (Å²) in [5.74, 6) is -3.03. The molecule has 14 heteroatoms. The lowest BCUT2D eigenvalue weighted by molar-refractivity contribution is -0.145. The highest BCUT2D eigenvalue weighted by atomic mass is 16.6. The number of carboxylic acid groups (broad SMARTS) is 1. The Bertz CT molecular complexity index is 1570. The van der Waals surface area contributed by atoms with Gasteiger partial charge in [0.15, 0.2) is 5.69 Å². The Labute approximate surface area is 279 Å². The van der Waals surface area contributed by atoms with Crippen LogP contribution in [0.15, 0.2) is 42.5 Å². The first-order chi connectivity index (χ1) is 22.8. The number of carbonyl (C=O) groups is 5. The highest BCUT2D eigenvalue weighted by molar-refractivity contribution is 5.98.